The van der Waals surface area contributed by atoms with Crippen molar-refractivity contribution < 1.29 is 4.74 Å². The van der Waals surface area contributed by atoms with E-state index < -0.39 is 0 Å². The molecule has 14 heavy (non-hydrogen) atoms. The Balaban J connectivity index is 2.40. The molecule has 0 spiro atoms. The third-order valence-electron chi connectivity index (χ3n) is 2.20. The van der Waals surface area contributed by atoms with Gasteiger partial charge in [-0.2, -0.15) is 5.10 Å². The molecule has 0 saturated heterocycles. The van der Waals surface area contributed by atoms with Gasteiger partial charge in [-0.15, -0.1) is 0 Å². The Morgan fingerprint density at radius 2 is 2.50 bits per heavy atom. The highest BCUT2D eigenvalue weighted by molar-refractivity contribution is 9.09. The molecule has 0 amide bonds. The van der Waals surface area contributed by atoms with Crippen molar-refractivity contribution in [2.45, 2.75) is 19.6 Å². The van der Waals surface area contributed by atoms with Crippen molar-refractivity contribution in [1.82, 2.24) is 9.78 Å². The quantitative estimate of drug-likeness (QED) is 0.735. The Kier molecular flexibility index (Phi) is 2.98. The molecule has 1 aliphatic heterocycles. The lowest BCUT2D eigenvalue weighted by atomic mass is 10.1. The molecule has 2 rings (SSSR count). The number of ether oxygens (including phenoxy) is 1. The van der Waals surface area contributed by atoms with Gasteiger partial charge in [-0.3, -0.25) is 4.79 Å². The van der Waals surface area contributed by atoms with Crippen LogP contribution < -0.4 is 5.56 Å². The van der Waals surface area contributed by atoms with Crippen LogP contribution in [-0.4, -0.2) is 21.7 Å². The molecular weight excluding hydrogens is 248 g/mol. The molecule has 1 aliphatic rings. The average Bonchev–Trinajstić information content (AvgIpc) is 2.19. The van der Waals surface area contributed by atoms with Crippen LogP contribution in [0.3, 0.4) is 0 Å². The van der Waals surface area contributed by atoms with E-state index in [4.69, 9.17) is 4.74 Å². The van der Waals surface area contributed by atoms with Gasteiger partial charge in [0.2, 0.25) is 0 Å². The first-order valence-corrected chi connectivity index (χ1v) is 5.67. The van der Waals surface area contributed by atoms with Crippen molar-refractivity contribution >= 4 is 15.9 Å². The molecule has 0 saturated carbocycles. The van der Waals surface area contributed by atoms with Crippen LogP contribution in [-0.2, 0) is 24.3 Å². The van der Waals surface area contributed by atoms with Gasteiger partial charge in [0.15, 0.2) is 0 Å². The van der Waals surface area contributed by atoms with E-state index in [0.29, 0.717) is 19.8 Å². The monoisotopic (exact) mass is 258 g/mol. The predicted octanol–water partition coefficient (Wildman–Crippen LogP) is 0.711. The molecule has 1 aromatic rings. The third-order valence-corrected chi connectivity index (χ3v) is 2.56. The lowest BCUT2D eigenvalue weighted by Gasteiger charge is -2.15. The van der Waals surface area contributed by atoms with Crippen LogP contribution >= 0.6 is 15.9 Å². The van der Waals surface area contributed by atoms with E-state index in [1.807, 2.05) is 0 Å². The molecule has 0 radical (unpaired) electrons. The van der Waals surface area contributed by atoms with Crippen LogP contribution in [0.15, 0.2) is 10.9 Å². The van der Waals surface area contributed by atoms with Crippen molar-refractivity contribution in [2.75, 3.05) is 11.9 Å². The van der Waals surface area contributed by atoms with Crippen LogP contribution in [0.25, 0.3) is 0 Å². The zero-order chi connectivity index (χ0) is 9.97. The van der Waals surface area contributed by atoms with Gasteiger partial charge >= 0.3 is 0 Å². The van der Waals surface area contributed by atoms with Gasteiger partial charge in [-0.25, -0.2) is 4.68 Å². The lowest BCUT2D eigenvalue weighted by Crippen LogP contribution is -2.27. The van der Waals surface area contributed by atoms with E-state index >= 15 is 0 Å². The molecule has 0 unspecified atom stereocenters. The third kappa shape index (κ3) is 1.88. The number of hydrogen-bond donors (Lipinski definition) is 0. The Bertz CT molecular complexity index is 389. The number of nitrogens with zero attached hydrogens (tertiary/aromatic N) is 2. The fraction of sp³-hybridized carbons (Fsp3) is 0.556. The van der Waals surface area contributed by atoms with Crippen LogP contribution in [0.5, 0.6) is 0 Å². The Hall–Kier alpha value is -0.680. The number of alkyl halides is 1. The molecule has 0 fully saturated rings. The summed E-state index contributed by atoms with van der Waals surface area (Å²) in [4.78, 5) is 11.5. The van der Waals surface area contributed by atoms with Crippen molar-refractivity contribution in [3.05, 3.63) is 27.7 Å². The highest BCUT2D eigenvalue weighted by atomic mass is 79.9. The van der Waals surface area contributed by atoms with E-state index in [2.05, 4.69) is 21.0 Å². The molecule has 0 N–H and O–H groups in total. The molecule has 4 nitrogen and oxygen atoms in total. The summed E-state index contributed by atoms with van der Waals surface area (Å²) in [6.45, 7) is 1.84. The smallest absolute Gasteiger partial charge is 0.267 e. The zero-order valence-corrected chi connectivity index (χ0v) is 9.29. The second-order valence-corrected chi connectivity index (χ2v) is 3.96. The van der Waals surface area contributed by atoms with Gasteiger partial charge < -0.3 is 4.74 Å². The summed E-state index contributed by atoms with van der Waals surface area (Å²) in [5.41, 5.74) is 1.89. The second kappa shape index (κ2) is 4.23. The maximum atomic E-state index is 11.5. The standard InChI is InChI=1S/C9H11BrN2O2/c10-2-3-12-9(13)5-7-6-14-4-1-8(7)11-12/h5H,1-4,6H2. The van der Waals surface area contributed by atoms with Gasteiger partial charge in [0.25, 0.3) is 5.56 Å². The van der Waals surface area contributed by atoms with Gasteiger partial charge in [-0.05, 0) is 0 Å². The topological polar surface area (TPSA) is 44.1 Å². The summed E-state index contributed by atoms with van der Waals surface area (Å²) in [7, 11) is 0. The van der Waals surface area contributed by atoms with Crippen molar-refractivity contribution in [2.24, 2.45) is 0 Å². The van der Waals surface area contributed by atoms with Crippen LogP contribution in [0, 0.1) is 0 Å². The summed E-state index contributed by atoms with van der Waals surface area (Å²) in [5, 5.41) is 5.04. The average molecular weight is 259 g/mol. The molecule has 76 valence electrons. The van der Waals surface area contributed by atoms with E-state index in [0.717, 1.165) is 23.0 Å². The molecule has 0 aromatic carbocycles. The van der Waals surface area contributed by atoms with E-state index in [1.54, 1.807) is 6.07 Å². The minimum Gasteiger partial charge on any atom is -0.376 e. The zero-order valence-electron chi connectivity index (χ0n) is 7.70. The second-order valence-electron chi connectivity index (χ2n) is 3.17. The minimum atomic E-state index is -0.0475. The molecule has 0 aliphatic carbocycles. The summed E-state index contributed by atoms with van der Waals surface area (Å²) in [6, 6.07) is 1.63. The highest BCUT2D eigenvalue weighted by Gasteiger charge is 2.12. The maximum absolute atomic E-state index is 11.5. The normalized spacial score (nSPS) is 15.2. The molecule has 0 bridgehead atoms. The SMILES string of the molecule is O=c1cc2c(nn1CCBr)CCOC2. The Morgan fingerprint density at radius 1 is 1.64 bits per heavy atom. The summed E-state index contributed by atoms with van der Waals surface area (Å²) in [5.74, 6) is 0. The molecular formula is C9H11BrN2O2. The molecule has 0 atom stereocenters. The van der Waals surface area contributed by atoms with E-state index in [-0.39, 0.29) is 5.56 Å². The minimum absolute atomic E-state index is 0.0475. The number of aryl methyl sites for hydroxylation is 1. The first-order chi connectivity index (χ1) is 6.81. The fourth-order valence-electron chi connectivity index (χ4n) is 1.49. The Morgan fingerprint density at radius 3 is 3.29 bits per heavy atom. The van der Waals surface area contributed by atoms with E-state index in [9.17, 15) is 4.79 Å². The van der Waals surface area contributed by atoms with Crippen LogP contribution in [0.4, 0.5) is 0 Å². The number of rotatable bonds is 2. The van der Waals surface area contributed by atoms with E-state index in [1.165, 1.54) is 4.68 Å². The maximum Gasteiger partial charge on any atom is 0.267 e. The van der Waals surface area contributed by atoms with Gasteiger partial charge in [0.05, 0.1) is 25.5 Å². The number of halogens is 1. The van der Waals surface area contributed by atoms with Crippen molar-refractivity contribution in [3.8, 4) is 0 Å². The van der Waals surface area contributed by atoms with Crippen molar-refractivity contribution in [1.29, 1.82) is 0 Å². The highest BCUT2D eigenvalue weighted by Crippen LogP contribution is 2.11. The fourth-order valence-corrected chi connectivity index (χ4v) is 1.83. The molecule has 5 heteroatoms. The van der Waals surface area contributed by atoms with Gasteiger partial charge in [0.1, 0.15) is 0 Å². The first kappa shape index (κ1) is 9.86. The first-order valence-electron chi connectivity index (χ1n) is 4.55. The molecule has 2 heterocycles. The van der Waals surface area contributed by atoms with Crippen LogP contribution in [0.2, 0.25) is 0 Å². The number of aromatic nitrogens is 2. The number of fused-ring (bicyclic) bond motifs is 1. The largest absolute Gasteiger partial charge is 0.376 e. The summed E-state index contributed by atoms with van der Waals surface area (Å²) >= 11 is 3.29. The van der Waals surface area contributed by atoms with Crippen LogP contribution in [0.1, 0.15) is 11.3 Å². The molecule has 1 aromatic heterocycles. The van der Waals surface area contributed by atoms with Gasteiger partial charge in [0, 0.05) is 23.4 Å². The van der Waals surface area contributed by atoms with Crippen molar-refractivity contribution in [3.63, 3.8) is 0 Å². The lowest BCUT2D eigenvalue weighted by molar-refractivity contribution is 0.108. The predicted molar refractivity (Wildman–Crippen MR) is 55.7 cm³/mol. The summed E-state index contributed by atoms with van der Waals surface area (Å²) in [6.07, 6.45) is 0.803. The Labute approximate surface area is 90.0 Å². The summed E-state index contributed by atoms with van der Waals surface area (Å²) < 4.78 is 6.75. The number of hydrogen-bond acceptors (Lipinski definition) is 3. The van der Waals surface area contributed by atoms with Gasteiger partial charge in [-0.1, -0.05) is 15.9 Å².